The number of hydrogen-bond acceptors (Lipinski definition) is 8. The van der Waals surface area contributed by atoms with Gasteiger partial charge in [0.25, 0.3) is 0 Å². The predicted octanol–water partition coefficient (Wildman–Crippen LogP) is 3.82. The number of carbonyl (C=O) groups excluding carboxylic acids is 7. The molecular formula is C46H58N6O8. The number of amides is 6. The Kier molecular flexibility index (Phi) is 17.2. The van der Waals surface area contributed by atoms with Crippen LogP contribution < -0.4 is 31.9 Å². The highest BCUT2D eigenvalue weighted by atomic mass is 16.5. The topological polar surface area (TPSA) is 201 Å². The first kappa shape index (κ1) is 45.0. The Hall–Kier alpha value is -6.05. The molecule has 1 saturated heterocycles. The van der Waals surface area contributed by atoms with Crippen LogP contribution in [0.3, 0.4) is 0 Å². The van der Waals surface area contributed by atoms with Crippen molar-refractivity contribution in [3.8, 4) is 0 Å². The highest BCUT2D eigenvalue weighted by Crippen LogP contribution is 2.44. The van der Waals surface area contributed by atoms with E-state index >= 15 is 0 Å². The Morgan fingerprint density at radius 3 is 2.02 bits per heavy atom. The van der Waals surface area contributed by atoms with Crippen molar-refractivity contribution in [2.75, 3.05) is 25.5 Å². The van der Waals surface area contributed by atoms with Crippen LogP contribution in [0.25, 0.3) is 0 Å². The average Bonchev–Trinajstić information content (AvgIpc) is 3.69. The van der Waals surface area contributed by atoms with E-state index in [1.165, 1.54) is 7.11 Å². The molecule has 0 bridgehead atoms. The van der Waals surface area contributed by atoms with Crippen molar-refractivity contribution in [1.29, 1.82) is 0 Å². The third-order valence-electron chi connectivity index (χ3n) is 11.1. The molecule has 1 saturated carbocycles. The van der Waals surface area contributed by atoms with Crippen molar-refractivity contribution in [3.63, 3.8) is 0 Å². The fourth-order valence-electron chi connectivity index (χ4n) is 7.96. The van der Waals surface area contributed by atoms with Gasteiger partial charge in [-0.3, -0.25) is 28.8 Å². The van der Waals surface area contributed by atoms with Gasteiger partial charge in [0.2, 0.25) is 35.4 Å². The lowest BCUT2D eigenvalue weighted by molar-refractivity contribution is -0.145. The third-order valence-corrected chi connectivity index (χ3v) is 11.1. The van der Waals surface area contributed by atoms with Crippen LogP contribution in [0.2, 0.25) is 0 Å². The standard InChI is InChI=1S/C46H58N6O8/c1-60-45(59)36-17-8-11-25-47-39(53)18-12-26-48-43(57)37(52-42(56)31-46(23-9-10-24-46)30-41(55)50-36)28-34-19-21-35(22-20-34)49-44(58)38(27-32-13-4-2-5-14-32)51-40(54)29-33-15-6-3-7-16-33/h2-7,13-16,19-22,36-38H,8-12,17-18,23-31H2,1H3,(H,47,53)(H,48,57)(H,49,58)(H,50,55)(H,51,54)(H,52,56)/t36-,37+,38+/m1/s1. The summed E-state index contributed by atoms with van der Waals surface area (Å²) >= 11 is 0. The van der Waals surface area contributed by atoms with Crippen molar-refractivity contribution in [2.24, 2.45) is 5.41 Å². The molecule has 2 fully saturated rings. The number of nitrogens with one attached hydrogen (secondary N) is 6. The van der Waals surface area contributed by atoms with Crippen molar-refractivity contribution in [1.82, 2.24) is 26.6 Å². The van der Waals surface area contributed by atoms with Crippen molar-refractivity contribution < 1.29 is 38.3 Å². The normalized spacial score (nSPS) is 20.0. The lowest BCUT2D eigenvalue weighted by Gasteiger charge is -2.29. The number of carbonyl (C=O) groups is 7. The van der Waals surface area contributed by atoms with E-state index in [4.69, 9.17) is 4.74 Å². The number of benzene rings is 3. The maximum atomic E-state index is 13.8. The molecule has 60 heavy (non-hydrogen) atoms. The second kappa shape index (κ2) is 22.9. The Balaban J connectivity index is 1.27. The number of ether oxygens (including phenoxy) is 1. The Labute approximate surface area is 351 Å². The minimum absolute atomic E-state index is 0.0320. The molecule has 320 valence electrons. The van der Waals surface area contributed by atoms with Crippen LogP contribution in [-0.4, -0.2) is 79.7 Å². The van der Waals surface area contributed by atoms with Gasteiger partial charge in [-0.05, 0) is 72.8 Å². The minimum Gasteiger partial charge on any atom is -0.467 e. The zero-order valence-corrected chi connectivity index (χ0v) is 34.4. The fourth-order valence-corrected chi connectivity index (χ4v) is 7.96. The molecule has 1 spiro atoms. The second-order valence-electron chi connectivity index (χ2n) is 15.9. The van der Waals surface area contributed by atoms with Crippen molar-refractivity contribution in [3.05, 3.63) is 102 Å². The third kappa shape index (κ3) is 14.6. The van der Waals surface area contributed by atoms with Crippen LogP contribution in [0.15, 0.2) is 84.9 Å². The molecule has 3 atom stereocenters. The molecular weight excluding hydrogens is 765 g/mol. The molecule has 0 unspecified atom stereocenters. The SMILES string of the molecule is COC(=O)[C@H]1CCCCNC(=O)CCCNC(=O)[C@H](Cc2ccc(NC(=O)[C@H](Cc3ccccc3)NC(=O)Cc3ccccc3)cc2)NC(=O)CC2(CCCC2)CC(=O)N1. The fraction of sp³-hybridized carbons (Fsp3) is 0.457. The molecule has 5 rings (SSSR count). The summed E-state index contributed by atoms with van der Waals surface area (Å²) in [5, 5.41) is 17.3. The molecule has 1 aliphatic carbocycles. The summed E-state index contributed by atoms with van der Waals surface area (Å²) in [6.45, 7) is 0.632. The lowest BCUT2D eigenvalue weighted by Crippen LogP contribution is -2.49. The smallest absolute Gasteiger partial charge is 0.328 e. The molecule has 3 aromatic rings. The summed E-state index contributed by atoms with van der Waals surface area (Å²) < 4.78 is 4.95. The van der Waals surface area contributed by atoms with Gasteiger partial charge < -0.3 is 36.6 Å². The van der Waals surface area contributed by atoms with Crippen molar-refractivity contribution in [2.45, 2.75) is 108 Å². The molecule has 14 heteroatoms. The van der Waals surface area contributed by atoms with Gasteiger partial charge in [-0.1, -0.05) is 85.6 Å². The van der Waals surface area contributed by atoms with E-state index in [0.717, 1.165) is 24.0 Å². The molecule has 0 radical (unpaired) electrons. The van der Waals surface area contributed by atoms with E-state index in [1.807, 2.05) is 60.7 Å². The van der Waals surface area contributed by atoms with Gasteiger partial charge in [0.05, 0.1) is 13.5 Å². The second-order valence-corrected chi connectivity index (χ2v) is 15.9. The molecule has 3 aromatic carbocycles. The van der Waals surface area contributed by atoms with Gasteiger partial charge in [0.1, 0.15) is 18.1 Å². The minimum atomic E-state index is -0.969. The predicted molar refractivity (Wildman–Crippen MR) is 226 cm³/mol. The highest BCUT2D eigenvalue weighted by Gasteiger charge is 2.39. The van der Waals surface area contributed by atoms with Crippen molar-refractivity contribution >= 4 is 47.1 Å². The van der Waals surface area contributed by atoms with Crippen LogP contribution in [-0.2, 0) is 57.6 Å². The van der Waals surface area contributed by atoms with Gasteiger partial charge in [0, 0.05) is 50.9 Å². The van der Waals surface area contributed by atoms with Gasteiger partial charge >= 0.3 is 5.97 Å². The summed E-state index contributed by atoms with van der Waals surface area (Å²) in [5.41, 5.74) is 2.29. The zero-order chi connectivity index (χ0) is 42.7. The summed E-state index contributed by atoms with van der Waals surface area (Å²) in [6, 6.07) is 23.0. The van der Waals surface area contributed by atoms with Crippen LogP contribution >= 0.6 is 0 Å². The summed E-state index contributed by atoms with van der Waals surface area (Å²) in [6.07, 6.45) is 5.76. The first-order chi connectivity index (χ1) is 29.0. The Morgan fingerprint density at radius 2 is 1.35 bits per heavy atom. The lowest BCUT2D eigenvalue weighted by atomic mass is 9.78. The van der Waals surface area contributed by atoms with Crippen LogP contribution in [0, 0.1) is 5.41 Å². The van der Waals surface area contributed by atoms with Gasteiger partial charge in [-0.25, -0.2) is 4.79 Å². The maximum absolute atomic E-state index is 13.8. The first-order valence-corrected chi connectivity index (χ1v) is 21.0. The van der Waals surface area contributed by atoms with Gasteiger partial charge in [0.15, 0.2) is 0 Å². The van der Waals surface area contributed by atoms with Crippen LogP contribution in [0.1, 0.15) is 87.3 Å². The van der Waals surface area contributed by atoms with Gasteiger partial charge in [-0.15, -0.1) is 0 Å². The molecule has 1 heterocycles. The number of methoxy groups -OCH3 is 1. The molecule has 1 aliphatic heterocycles. The molecule has 6 N–H and O–H groups in total. The number of esters is 1. The van der Waals surface area contributed by atoms with E-state index in [2.05, 4.69) is 31.9 Å². The van der Waals surface area contributed by atoms with Gasteiger partial charge in [-0.2, -0.15) is 0 Å². The van der Waals surface area contributed by atoms with E-state index in [9.17, 15) is 33.6 Å². The zero-order valence-electron chi connectivity index (χ0n) is 34.4. The Bertz CT molecular complexity index is 1920. The van der Waals surface area contributed by atoms with Crippen LogP contribution in [0.4, 0.5) is 5.69 Å². The number of hydrogen-bond donors (Lipinski definition) is 6. The van der Waals surface area contributed by atoms with Crippen LogP contribution in [0.5, 0.6) is 0 Å². The van der Waals surface area contributed by atoms with E-state index in [1.54, 1.807) is 24.3 Å². The summed E-state index contributed by atoms with van der Waals surface area (Å²) in [5.74, 6) is -2.51. The number of anilines is 1. The molecule has 0 aromatic heterocycles. The monoisotopic (exact) mass is 822 g/mol. The molecule has 2 aliphatic rings. The maximum Gasteiger partial charge on any atom is 0.328 e. The molecule has 6 amide bonds. The number of rotatable bonds is 10. The van der Waals surface area contributed by atoms with E-state index in [0.29, 0.717) is 56.3 Å². The summed E-state index contributed by atoms with van der Waals surface area (Å²) in [7, 11) is 1.27. The molecule has 14 nitrogen and oxygen atoms in total. The quantitative estimate of drug-likeness (QED) is 0.166. The average molecular weight is 823 g/mol. The first-order valence-electron chi connectivity index (χ1n) is 21.0. The summed E-state index contributed by atoms with van der Waals surface area (Å²) in [4.78, 5) is 92.4. The highest BCUT2D eigenvalue weighted by molar-refractivity contribution is 5.97. The van der Waals surface area contributed by atoms with E-state index < -0.39 is 41.3 Å². The Morgan fingerprint density at radius 1 is 0.717 bits per heavy atom. The van der Waals surface area contributed by atoms with E-state index in [-0.39, 0.29) is 68.7 Å². The largest absolute Gasteiger partial charge is 0.467 e.